The standard InChI is InChI=1S/C10H11N3O/c11-13-12-10-8-4-2-1-3-7(8)5-6-9(10)14/h1-4,9-10,14H,5-6H2/t9-,10-/m0/s1. The first-order chi connectivity index (χ1) is 6.83. The van der Waals surface area contributed by atoms with Crippen LogP contribution in [0.2, 0.25) is 0 Å². The molecule has 0 unspecified atom stereocenters. The summed E-state index contributed by atoms with van der Waals surface area (Å²) in [6, 6.07) is 7.38. The van der Waals surface area contributed by atoms with Crippen LogP contribution in [-0.2, 0) is 6.42 Å². The van der Waals surface area contributed by atoms with Crippen LogP contribution in [-0.4, -0.2) is 11.2 Å². The highest BCUT2D eigenvalue weighted by atomic mass is 16.3. The molecule has 0 spiro atoms. The second kappa shape index (κ2) is 3.70. The third-order valence-electron chi connectivity index (χ3n) is 2.62. The van der Waals surface area contributed by atoms with Gasteiger partial charge in [-0.15, -0.1) is 0 Å². The van der Waals surface area contributed by atoms with Crippen LogP contribution in [0.3, 0.4) is 0 Å². The Balaban J connectivity index is 2.45. The lowest BCUT2D eigenvalue weighted by Crippen LogP contribution is -2.23. The van der Waals surface area contributed by atoms with Gasteiger partial charge >= 0.3 is 0 Å². The van der Waals surface area contributed by atoms with E-state index in [1.807, 2.05) is 24.3 Å². The van der Waals surface area contributed by atoms with Crippen molar-refractivity contribution >= 4 is 0 Å². The van der Waals surface area contributed by atoms with E-state index in [9.17, 15) is 5.11 Å². The second-order valence-electron chi connectivity index (χ2n) is 3.45. The quantitative estimate of drug-likeness (QED) is 0.411. The third kappa shape index (κ3) is 1.45. The summed E-state index contributed by atoms with van der Waals surface area (Å²) in [5.41, 5.74) is 10.5. The molecule has 72 valence electrons. The van der Waals surface area contributed by atoms with Crippen molar-refractivity contribution in [1.29, 1.82) is 0 Å². The maximum Gasteiger partial charge on any atom is 0.0887 e. The van der Waals surface area contributed by atoms with E-state index in [4.69, 9.17) is 5.53 Å². The van der Waals surface area contributed by atoms with Gasteiger partial charge in [0.25, 0.3) is 0 Å². The van der Waals surface area contributed by atoms with E-state index in [1.165, 1.54) is 5.56 Å². The van der Waals surface area contributed by atoms with Crippen molar-refractivity contribution in [3.8, 4) is 0 Å². The minimum absolute atomic E-state index is 0.412. The maximum atomic E-state index is 9.68. The molecule has 2 atom stereocenters. The molecule has 4 nitrogen and oxygen atoms in total. The number of azide groups is 1. The Morgan fingerprint density at radius 1 is 1.43 bits per heavy atom. The molecule has 0 saturated heterocycles. The summed E-state index contributed by atoms with van der Waals surface area (Å²) in [7, 11) is 0. The number of fused-ring (bicyclic) bond motifs is 1. The van der Waals surface area contributed by atoms with Gasteiger partial charge in [0.05, 0.1) is 12.1 Å². The van der Waals surface area contributed by atoms with Crippen LogP contribution < -0.4 is 0 Å². The molecule has 1 aromatic rings. The number of nitrogens with zero attached hydrogens (tertiary/aromatic N) is 3. The van der Waals surface area contributed by atoms with Crippen molar-refractivity contribution in [2.45, 2.75) is 25.0 Å². The summed E-state index contributed by atoms with van der Waals surface area (Å²) < 4.78 is 0. The molecule has 2 rings (SSSR count). The van der Waals surface area contributed by atoms with Crippen LogP contribution in [0, 0.1) is 0 Å². The Labute approximate surface area is 81.8 Å². The van der Waals surface area contributed by atoms with E-state index >= 15 is 0 Å². The number of hydrogen-bond donors (Lipinski definition) is 1. The Bertz CT molecular complexity index is 385. The lowest BCUT2D eigenvalue weighted by Gasteiger charge is -2.26. The fraction of sp³-hybridized carbons (Fsp3) is 0.400. The van der Waals surface area contributed by atoms with E-state index < -0.39 is 12.1 Å². The summed E-state index contributed by atoms with van der Waals surface area (Å²) in [6.45, 7) is 0. The number of aliphatic hydroxyl groups is 1. The van der Waals surface area contributed by atoms with Crippen molar-refractivity contribution in [2.24, 2.45) is 5.11 Å². The lowest BCUT2D eigenvalue weighted by molar-refractivity contribution is 0.128. The van der Waals surface area contributed by atoms with Crippen molar-refractivity contribution in [1.82, 2.24) is 0 Å². The topological polar surface area (TPSA) is 69.0 Å². The average molecular weight is 189 g/mol. The van der Waals surface area contributed by atoms with Gasteiger partial charge in [0.15, 0.2) is 0 Å². The number of aliphatic hydroxyl groups excluding tert-OH is 1. The first-order valence-electron chi connectivity index (χ1n) is 4.63. The van der Waals surface area contributed by atoms with E-state index in [-0.39, 0.29) is 0 Å². The molecular weight excluding hydrogens is 178 g/mol. The molecule has 0 bridgehead atoms. The molecule has 1 aromatic carbocycles. The molecule has 14 heavy (non-hydrogen) atoms. The molecule has 0 heterocycles. The van der Waals surface area contributed by atoms with Crippen LogP contribution in [0.15, 0.2) is 29.4 Å². The fourth-order valence-electron chi connectivity index (χ4n) is 1.91. The largest absolute Gasteiger partial charge is 0.392 e. The van der Waals surface area contributed by atoms with Crippen LogP contribution in [0.4, 0.5) is 0 Å². The molecule has 0 saturated carbocycles. The minimum atomic E-state index is -0.541. The zero-order valence-electron chi connectivity index (χ0n) is 7.67. The Hall–Kier alpha value is -1.51. The molecule has 1 aliphatic rings. The van der Waals surface area contributed by atoms with Gasteiger partial charge in [0.2, 0.25) is 0 Å². The Kier molecular flexibility index (Phi) is 2.39. The maximum absolute atomic E-state index is 9.68. The van der Waals surface area contributed by atoms with E-state index in [1.54, 1.807) is 0 Å². The van der Waals surface area contributed by atoms with Gasteiger partial charge in [-0.1, -0.05) is 29.4 Å². The summed E-state index contributed by atoms with van der Waals surface area (Å²) >= 11 is 0. The fourth-order valence-corrected chi connectivity index (χ4v) is 1.91. The highest BCUT2D eigenvalue weighted by Crippen LogP contribution is 2.32. The molecule has 1 N–H and O–H groups in total. The van der Waals surface area contributed by atoms with Crippen LogP contribution in [0.5, 0.6) is 0 Å². The first kappa shape index (κ1) is 9.06. The van der Waals surface area contributed by atoms with Crippen molar-refractivity contribution in [3.05, 3.63) is 45.8 Å². The predicted molar refractivity (Wildman–Crippen MR) is 52.7 cm³/mol. The van der Waals surface area contributed by atoms with Gasteiger partial charge in [0, 0.05) is 4.91 Å². The van der Waals surface area contributed by atoms with Crippen LogP contribution >= 0.6 is 0 Å². The zero-order valence-corrected chi connectivity index (χ0v) is 7.67. The monoisotopic (exact) mass is 189 g/mol. The molecule has 0 radical (unpaired) electrons. The number of aryl methyl sites for hydroxylation is 1. The van der Waals surface area contributed by atoms with E-state index in [2.05, 4.69) is 10.0 Å². The van der Waals surface area contributed by atoms with Crippen molar-refractivity contribution in [2.75, 3.05) is 0 Å². The number of benzene rings is 1. The zero-order chi connectivity index (χ0) is 9.97. The third-order valence-corrected chi connectivity index (χ3v) is 2.62. The molecule has 0 fully saturated rings. The van der Waals surface area contributed by atoms with Crippen molar-refractivity contribution < 1.29 is 5.11 Å². The SMILES string of the molecule is [N-]=[N+]=N[C@H]1c2ccccc2CC[C@@H]1O. The highest BCUT2D eigenvalue weighted by Gasteiger charge is 2.26. The number of rotatable bonds is 1. The van der Waals surface area contributed by atoms with E-state index in [0.717, 1.165) is 12.0 Å². The lowest BCUT2D eigenvalue weighted by atomic mass is 9.86. The minimum Gasteiger partial charge on any atom is -0.392 e. The van der Waals surface area contributed by atoms with Gasteiger partial charge < -0.3 is 5.11 Å². The van der Waals surface area contributed by atoms with Gasteiger partial charge in [-0.2, -0.15) is 0 Å². The van der Waals surface area contributed by atoms with Gasteiger partial charge in [-0.3, -0.25) is 0 Å². The van der Waals surface area contributed by atoms with Gasteiger partial charge in [-0.05, 0) is 29.5 Å². The molecule has 4 heteroatoms. The Morgan fingerprint density at radius 2 is 2.21 bits per heavy atom. The molecule has 1 aliphatic carbocycles. The summed E-state index contributed by atoms with van der Waals surface area (Å²) in [4.78, 5) is 2.77. The Morgan fingerprint density at radius 3 is 3.00 bits per heavy atom. The predicted octanol–water partition coefficient (Wildman–Crippen LogP) is 2.35. The summed E-state index contributed by atoms with van der Waals surface area (Å²) in [6.07, 6.45) is 0.982. The smallest absolute Gasteiger partial charge is 0.0887 e. The average Bonchev–Trinajstić information content (AvgIpc) is 2.23. The molecule has 0 aromatic heterocycles. The summed E-state index contributed by atoms with van der Waals surface area (Å²) in [5, 5.41) is 13.3. The van der Waals surface area contributed by atoms with Crippen LogP contribution in [0.1, 0.15) is 23.6 Å². The molecule has 0 amide bonds. The number of hydrogen-bond acceptors (Lipinski definition) is 2. The van der Waals surface area contributed by atoms with Gasteiger partial charge in [-0.25, -0.2) is 0 Å². The second-order valence-corrected chi connectivity index (χ2v) is 3.45. The molecular formula is C10H11N3O. The normalized spacial score (nSPS) is 24.9. The summed E-state index contributed by atoms with van der Waals surface area (Å²) in [5.74, 6) is 0. The van der Waals surface area contributed by atoms with Gasteiger partial charge in [0.1, 0.15) is 0 Å². The molecule has 0 aliphatic heterocycles. The van der Waals surface area contributed by atoms with E-state index in [0.29, 0.717) is 6.42 Å². The van der Waals surface area contributed by atoms with Crippen molar-refractivity contribution in [3.63, 3.8) is 0 Å². The van der Waals surface area contributed by atoms with Crippen LogP contribution in [0.25, 0.3) is 10.4 Å². The highest BCUT2D eigenvalue weighted by molar-refractivity contribution is 5.33. The first-order valence-corrected chi connectivity index (χ1v) is 4.63.